The van der Waals surface area contributed by atoms with Gasteiger partial charge in [-0.05, 0) is 39.9 Å². The third-order valence-corrected chi connectivity index (χ3v) is 2.87. The molecule has 1 heterocycles. The van der Waals surface area contributed by atoms with Gasteiger partial charge in [-0.25, -0.2) is 0 Å². The zero-order chi connectivity index (χ0) is 9.26. The van der Waals surface area contributed by atoms with Crippen molar-refractivity contribution in [2.24, 2.45) is 11.7 Å². The first-order chi connectivity index (χ1) is 6.25. The van der Waals surface area contributed by atoms with E-state index >= 15 is 0 Å². The van der Waals surface area contributed by atoms with Crippen molar-refractivity contribution in [2.45, 2.75) is 25.3 Å². The molecule has 1 atom stereocenters. The third kappa shape index (κ3) is 2.51. The Hall–Kier alpha value is -0.410. The first-order valence-corrected chi connectivity index (χ1v) is 5.41. The van der Waals surface area contributed by atoms with Gasteiger partial charge in [0.15, 0.2) is 0 Å². The molecule has 1 saturated carbocycles. The number of hydrogen-bond donors (Lipinski definition) is 1. The van der Waals surface area contributed by atoms with Crippen LogP contribution in [-0.2, 0) is 0 Å². The average molecular weight is 241 g/mol. The van der Waals surface area contributed by atoms with Crippen LogP contribution in [0, 0.1) is 5.92 Å². The zero-order valence-corrected chi connectivity index (χ0v) is 9.00. The summed E-state index contributed by atoms with van der Waals surface area (Å²) in [5, 5.41) is 0. The van der Waals surface area contributed by atoms with Gasteiger partial charge in [0.25, 0.3) is 0 Å². The van der Waals surface area contributed by atoms with Gasteiger partial charge in [-0.3, -0.25) is 4.98 Å². The number of halogens is 1. The Morgan fingerprint density at radius 1 is 1.54 bits per heavy atom. The van der Waals surface area contributed by atoms with Gasteiger partial charge in [-0.1, -0.05) is 12.8 Å². The molecule has 0 aromatic carbocycles. The number of pyridine rings is 1. The molecule has 2 nitrogen and oxygen atoms in total. The van der Waals surface area contributed by atoms with Crippen molar-refractivity contribution in [3.63, 3.8) is 0 Å². The summed E-state index contributed by atoms with van der Waals surface area (Å²) in [6, 6.07) is 2.22. The van der Waals surface area contributed by atoms with Crippen molar-refractivity contribution in [3.8, 4) is 0 Å². The van der Waals surface area contributed by atoms with Crippen molar-refractivity contribution in [2.75, 3.05) is 0 Å². The van der Waals surface area contributed by atoms with Gasteiger partial charge in [-0.2, -0.15) is 0 Å². The fourth-order valence-electron chi connectivity index (χ4n) is 1.48. The van der Waals surface area contributed by atoms with Crippen LogP contribution in [-0.4, -0.2) is 4.98 Å². The number of aromatic nitrogens is 1. The van der Waals surface area contributed by atoms with E-state index in [-0.39, 0.29) is 6.04 Å². The highest BCUT2D eigenvalue weighted by molar-refractivity contribution is 9.10. The van der Waals surface area contributed by atoms with E-state index in [0.717, 1.165) is 22.4 Å². The van der Waals surface area contributed by atoms with Gasteiger partial charge in [0.05, 0.1) is 0 Å². The minimum absolute atomic E-state index is 0.164. The molecule has 1 aliphatic carbocycles. The predicted molar refractivity (Wildman–Crippen MR) is 56.2 cm³/mol. The molecule has 1 aliphatic rings. The van der Waals surface area contributed by atoms with Crippen LogP contribution in [0.3, 0.4) is 0 Å². The van der Waals surface area contributed by atoms with E-state index in [2.05, 4.69) is 27.0 Å². The maximum Gasteiger partial charge on any atom is 0.0410 e. The monoisotopic (exact) mass is 240 g/mol. The van der Waals surface area contributed by atoms with Crippen LogP contribution < -0.4 is 5.73 Å². The van der Waals surface area contributed by atoms with Crippen LogP contribution in [0.5, 0.6) is 0 Å². The molecule has 2 N–H and O–H groups in total. The number of rotatable bonds is 3. The lowest BCUT2D eigenvalue weighted by atomic mass is 10.0. The molecule has 13 heavy (non-hydrogen) atoms. The zero-order valence-electron chi connectivity index (χ0n) is 7.41. The van der Waals surface area contributed by atoms with E-state index in [1.807, 2.05) is 6.20 Å². The molecule has 0 amide bonds. The van der Waals surface area contributed by atoms with Crippen LogP contribution in [0.1, 0.15) is 30.9 Å². The molecule has 0 saturated heterocycles. The highest BCUT2D eigenvalue weighted by Gasteiger charge is 2.24. The lowest BCUT2D eigenvalue weighted by Gasteiger charge is -2.10. The van der Waals surface area contributed by atoms with Crippen LogP contribution in [0.15, 0.2) is 22.9 Å². The van der Waals surface area contributed by atoms with Crippen molar-refractivity contribution in [1.29, 1.82) is 0 Å². The molecule has 2 rings (SSSR count). The largest absolute Gasteiger partial charge is 0.324 e. The molecule has 1 fully saturated rings. The normalized spacial score (nSPS) is 18.6. The smallest absolute Gasteiger partial charge is 0.0410 e. The Bertz CT molecular complexity index is 297. The molecule has 3 heteroatoms. The average Bonchev–Trinajstić information content (AvgIpc) is 2.88. The minimum atomic E-state index is 0.164. The highest BCUT2D eigenvalue weighted by atomic mass is 79.9. The summed E-state index contributed by atoms with van der Waals surface area (Å²) in [6.45, 7) is 0. The number of nitrogens with two attached hydrogens (primary N) is 1. The second kappa shape index (κ2) is 3.76. The topological polar surface area (TPSA) is 38.9 Å². The molecule has 0 spiro atoms. The summed E-state index contributed by atoms with van der Waals surface area (Å²) in [5.74, 6) is 0.869. The molecule has 0 aliphatic heterocycles. The van der Waals surface area contributed by atoms with E-state index in [1.54, 1.807) is 6.20 Å². The van der Waals surface area contributed by atoms with Crippen LogP contribution in [0.25, 0.3) is 0 Å². The fourth-order valence-corrected chi connectivity index (χ4v) is 1.86. The Kier molecular flexibility index (Phi) is 2.65. The molecule has 70 valence electrons. The van der Waals surface area contributed by atoms with Crippen LogP contribution in [0.4, 0.5) is 0 Å². The summed E-state index contributed by atoms with van der Waals surface area (Å²) in [4.78, 5) is 4.11. The van der Waals surface area contributed by atoms with Gasteiger partial charge in [-0.15, -0.1) is 0 Å². The lowest BCUT2D eigenvalue weighted by molar-refractivity contribution is 0.595. The summed E-state index contributed by atoms with van der Waals surface area (Å²) in [5.41, 5.74) is 7.18. The Morgan fingerprint density at radius 2 is 2.31 bits per heavy atom. The Morgan fingerprint density at radius 3 is 2.92 bits per heavy atom. The quantitative estimate of drug-likeness (QED) is 0.883. The van der Waals surface area contributed by atoms with Crippen LogP contribution >= 0.6 is 15.9 Å². The Balaban J connectivity index is 2.04. The van der Waals surface area contributed by atoms with Gasteiger partial charge in [0, 0.05) is 22.9 Å². The molecule has 1 aromatic heterocycles. The predicted octanol–water partition coefficient (Wildman–Crippen LogP) is 2.64. The van der Waals surface area contributed by atoms with Crippen LogP contribution in [0.2, 0.25) is 0 Å². The third-order valence-electron chi connectivity index (χ3n) is 2.44. The summed E-state index contributed by atoms with van der Waals surface area (Å²) in [6.07, 6.45) is 7.47. The molecular formula is C10H13BrN2. The number of hydrogen-bond acceptors (Lipinski definition) is 2. The van der Waals surface area contributed by atoms with Crippen molar-refractivity contribution in [1.82, 2.24) is 4.98 Å². The molecule has 1 unspecified atom stereocenters. The lowest BCUT2D eigenvalue weighted by Crippen LogP contribution is -2.11. The van der Waals surface area contributed by atoms with Gasteiger partial charge in [0.2, 0.25) is 0 Å². The SMILES string of the molecule is NC(CC1CC1)c1cncc(Br)c1. The fraction of sp³-hybridized carbons (Fsp3) is 0.500. The van der Waals surface area contributed by atoms with E-state index in [1.165, 1.54) is 12.8 Å². The number of nitrogens with zero attached hydrogens (tertiary/aromatic N) is 1. The maximum absolute atomic E-state index is 6.04. The highest BCUT2D eigenvalue weighted by Crippen LogP contribution is 2.36. The van der Waals surface area contributed by atoms with Crippen molar-refractivity contribution < 1.29 is 0 Å². The van der Waals surface area contributed by atoms with E-state index < -0.39 is 0 Å². The van der Waals surface area contributed by atoms with Crippen molar-refractivity contribution in [3.05, 3.63) is 28.5 Å². The second-order valence-electron chi connectivity index (χ2n) is 3.72. The molecule has 0 radical (unpaired) electrons. The first kappa shape index (κ1) is 9.16. The summed E-state index contributed by atoms with van der Waals surface area (Å²) < 4.78 is 1.01. The van der Waals surface area contributed by atoms with Gasteiger partial charge in [0.1, 0.15) is 0 Å². The Labute approximate surface area is 86.7 Å². The first-order valence-electron chi connectivity index (χ1n) is 4.62. The second-order valence-corrected chi connectivity index (χ2v) is 4.64. The molecule has 0 bridgehead atoms. The van der Waals surface area contributed by atoms with E-state index in [0.29, 0.717) is 0 Å². The minimum Gasteiger partial charge on any atom is -0.324 e. The standard InChI is InChI=1S/C10H13BrN2/c11-9-4-8(5-13-6-9)10(12)3-7-1-2-7/h4-7,10H,1-3,12H2. The van der Waals surface area contributed by atoms with E-state index in [9.17, 15) is 0 Å². The molecular weight excluding hydrogens is 228 g/mol. The summed E-state index contributed by atoms with van der Waals surface area (Å²) in [7, 11) is 0. The summed E-state index contributed by atoms with van der Waals surface area (Å²) >= 11 is 3.39. The van der Waals surface area contributed by atoms with Crippen molar-refractivity contribution >= 4 is 15.9 Å². The van der Waals surface area contributed by atoms with Gasteiger partial charge >= 0.3 is 0 Å². The van der Waals surface area contributed by atoms with Gasteiger partial charge < -0.3 is 5.73 Å². The van der Waals surface area contributed by atoms with E-state index in [4.69, 9.17) is 5.73 Å². The molecule has 1 aromatic rings. The maximum atomic E-state index is 6.04.